The standard InChI is InChI=1S/C16H12BrF4N3OS/c17-13-9-5-6-15(22,10(9)2-3-11(13)18)14(25)24-8-1-4-12(23-7-8)26-16(19,20)21/h1-4,7H,5-6,22H2,(H,24,25). The van der Waals surface area contributed by atoms with Gasteiger partial charge in [-0.1, -0.05) is 6.07 Å². The minimum atomic E-state index is -4.44. The van der Waals surface area contributed by atoms with Gasteiger partial charge in [0.05, 0.1) is 16.4 Å². The van der Waals surface area contributed by atoms with E-state index in [4.69, 9.17) is 5.73 Å². The molecule has 1 amide bonds. The van der Waals surface area contributed by atoms with Crippen molar-refractivity contribution in [3.63, 3.8) is 0 Å². The van der Waals surface area contributed by atoms with Crippen molar-refractivity contribution in [1.29, 1.82) is 0 Å². The van der Waals surface area contributed by atoms with Crippen molar-refractivity contribution in [2.45, 2.75) is 28.9 Å². The van der Waals surface area contributed by atoms with Crippen LogP contribution in [-0.4, -0.2) is 16.4 Å². The molecule has 138 valence electrons. The fraction of sp³-hybridized carbons (Fsp3) is 0.250. The molecule has 0 saturated carbocycles. The predicted molar refractivity (Wildman–Crippen MR) is 93.1 cm³/mol. The van der Waals surface area contributed by atoms with E-state index in [-0.39, 0.29) is 33.4 Å². The van der Waals surface area contributed by atoms with Crippen molar-refractivity contribution < 1.29 is 22.4 Å². The normalized spacial score (nSPS) is 19.3. The van der Waals surface area contributed by atoms with Crippen LogP contribution in [0, 0.1) is 5.82 Å². The van der Waals surface area contributed by atoms with Crippen LogP contribution in [0.5, 0.6) is 0 Å². The molecule has 1 unspecified atom stereocenters. The second kappa shape index (κ2) is 6.82. The summed E-state index contributed by atoms with van der Waals surface area (Å²) in [6, 6.07) is 5.18. The van der Waals surface area contributed by atoms with Crippen molar-refractivity contribution in [1.82, 2.24) is 4.98 Å². The summed E-state index contributed by atoms with van der Waals surface area (Å²) in [5.74, 6) is -0.969. The van der Waals surface area contributed by atoms with E-state index >= 15 is 0 Å². The number of nitrogens with two attached hydrogens (primary N) is 1. The number of halogens is 5. The molecule has 0 spiro atoms. The highest BCUT2D eigenvalue weighted by Gasteiger charge is 2.43. The SMILES string of the molecule is NC1(C(=O)Nc2ccc(SC(F)(F)F)nc2)CCc2c1ccc(F)c2Br. The first-order valence-electron chi connectivity index (χ1n) is 7.39. The average Bonchev–Trinajstić information content (AvgIpc) is 2.90. The second-order valence-electron chi connectivity index (χ2n) is 5.75. The van der Waals surface area contributed by atoms with Crippen LogP contribution in [0.1, 0.15) is 17.5 Å². The van der Waals surface area contributed by atoms with Gasteiger partial charge in [0.2, 0.25) is 5.91 Å². The molecule has 0 fully saturated rings. The van der Waals surface area contributed by atoms with Gasteiger partial charge in [-0.3, -0.25) is 4.79 Å². The molecule has 2 aromatic rings. The highest BCUT2D eigenvalue weighted by Crippen LogP contribution is 2.40. The number of amides is 1. The van der Waals surface area contributed by atoms with Gasteiger partial charge in [-0.05, 0) is 58.1 Å². The summed E-state index contributed by atoms with van der Waals surface area (Å²) in [6.07, 6.45) is 1.84. The predicted octanol–water partition coefficient (Wildman–Crippen LogP) is 4.33. The molecule has 0 bridgehead atoms. The van der Waals surface area contributed by atoms with Crippen LogP contribution in [0.15, 0.2) is 40.0 Å². The Morgan fingerprint density at radius 2 is 2.04 bits per heavy atom. The van der Waals surface area contributed by atoms with E-state index in [0.29, 0.717) is 17.5 Å². The molecule has 4 nitrogen and oxygen atoms in total. The van der Waals surface area contributed by atoms with Gasteiger partial charge in [-0.2, -0.15) is 13.2 Å². The number of fused-ring (bicyclic) bond motifs is 1. The number of hydrogen-bond donors (Lipinski definition) is 2. The van der Waals surface area contributed by atoms with Crippen LogP contribution in [0.25, 0.3) is 0 Å². The summed E-state index contributed by atoms with van der Waals surface area (Å²) in [5.41, 5.74) is 1.85. The van der Waals surface area contributed by atoms with E-state index in [1.165, 1.54) is 18.2 Å². The number of carbonyl (C=O) groups excluding carboxylic acids is 1. The molecule has 10 heteroatoms. The second-order valence-corrected chi connectivity index (χ2v) is 7.62. The molecule has 1 aliphatic carbocycles. The number of aromatic nitrogens is 1. The molecule has 3 N–H and O–H groups in total. The molecular formula is C16H12BrF4N3OS. The van der Waals surface area contributed by atoms with Crippen molar-refractivity contribution in [2.24, 2.45) is 5.73 Å². The van der Waals surface area contributed by atoms with Crippen molar-refractivity contribution in [3.8, 4) is 0 Å². The number of rotatable bonds is 3. The maximum absolute atomic E-state index is 13.7. The number of hydrogen-bond acceptors (Lipinski definition) is 4. The zero-order valence-corrected chi connectivity index (χ0v) is 15.4. The van der Waals surface area contributed by atoms with Gasteiger partial charge in [0.25, 0.3) is 0 Å². The number of pyridine rings is 1. The van der Waals surface area contributed by atoms with Gasteiger partial charge < -0.3 is 11.1 Å². The fourth-order valence-corrected chi connectivity index (χ4v) is 3.85. The van der Waals surface area contributed by atoms with E-state index in [1.807, 2.05) is 0 Å². The van der Waals surface area contributed by atoms with Crippen LogP contribution >= 0.6 is 27.7 Å². The number of anilines is 1. The van der Waals surface area contributed by atoms with Crippen LogP contribution in [0.3, 0.4) is 0 Å². The smallest absolute Gasteiger partial charge is 0.323 e. The van der Waals surface area contributed by atoms with Crippen molar-refractivity contribution in [3.05, 3.63) is 51.9 Å². The summed E-state index contributed by atoms with van der Waals surface area (Å²) in [5, 5.41) is 2.33. The number of nitrogens with one attached hydrogen (secondary N) is 1. The highest BCUT2D eigenvalue weighted by atomic mass is 79.9. The molecule has 1 aliphatic rings. The fourth-order valence-electron chi connectivity index (χ4n) is 2.82. The van der Waals surface area contributed by atoms with E-state index in [2.05, 4.69) is 26.2 Å². The first-order valence-corrected chi connectivity index (χ1v) is 9.00. The molecule has 0 radical (unpaired) electrons. The number of carbonyl (C=O) groups is 1. The Kier molecular flexibility index (Phi) is 5.02. The molecular weight excluding hydrogens is 438 g/mol. The molecule has 1 atom stereocenters. The summed E-state index contributed by atoms with van der Waals surface area (Å²) >= 11 is 2.82. The van der Waals surface area contributed by atoms with Crippen LogP contribution in [0.2, 0.25) is 0 Å². The maximum Gasteiger partial charge on any atom is 0.447 e. The molecule has 26 heavy (non-hydrogen) atoms. The van der Waals surface area contributed by atoms with E-state index in [9.17, 15) is 22.4 Å². The topological polar surface area (TPSA) is 68.0 Å². The minimum Gasteiger partial charge on any atom is -0.323 e. The largest absolute Gasteiger partial charge is 0.447 e. The van der Waals surface area contributed by atoms with E-state index in [0.717, 1.165) is 12.3 Å². The van der Waals surface area contributed by atoms with Crippen LogP contribution in [-0.2, 0) is 16.8 Å². The minimum absolute atomic E-state index is 0.223. The Hall–Kier alpha value is -1.65. The van der Waals surface area contributed by atoms with Gasteiger partial charge in [0.1, 0.15) is 16.4 Å². The molecule has 1 aromatic heterocycles. The summed E-state index contributed by atoms with van der Waals surface area (Å²) in [7, 11) is 0. The third-order valence-corrected chi connectivity index (χ3v) is 5.61. The zero-order valence-electron chi connectivity index (χ0n) is 13.0. The van der Waals surface area contributed by atoms with Gasteiger partial charge in [-0.15, -0.1) is 0 Å². The van der Waals surface area contributed by atoms with Gasteiger partial charge >= 0.3 is 5.51 Å². The van der Waals surface area contributed by atoms with Crippen molar-refractivity contribution in [2.75, 3.05) is 5.32 Å². The first-order chi connectivity index (χ1) is 12.1. The molecule has 1 aromatic carbocycles. The lowest BCUT2D eigenvalue weighted by Crippen LogP contribution is -2.46. The lowest BCUT2D eigenvalue weighted by atomic mass is 9.92. The third kappa shape index (κ3) is 3.72. The summed E-state index contributed by atoms with van der Waals surface area (Å²) in [6.45, 7) is 0. The van der Waals surface area contributed by atoms with Crippen LogP contribution < -0.4 is 11.1 Å². The molecule has 3 rings (SSSR count). The average molecular weight is 450 g/mol. The Labute approximate surface area is 158 Å². The number of nitrogens with zero attached hydrogens (tertiary/aromatic N) is 1. The first kappa shape index (κ1) is 19.1. The van der Waals surface area contributed by atoms with Crippen LogP contribution in [0.4, 0.5) is 23.2 Å². The highest BCUT2D eigenvalue weighted by molar-refractivity contribution is 9.10. The van der Waals surface area contributed by atoms with E-state index < -0.39 is 22.8 Å². The summed E-state index contributed by atoms with van der Waals surface area (Å²) in [4.78, 5) is 16.3. The van der Waals surface area contributed by atoms with Gasteiger partial charge in [0, 0.05) is 11.8 Å². The lowest BCUT2D eigenvalue weighted by molar-refractivity contribution is -0.121. The Balaban J connectivity index is 1.78. The Morgan fingerprint density at radius 3 is 2.65 bits per heavy atom. The van der Waals surface area contributed by atoms with Gasteiger partial charge in [0.15, 0.2) is 0 Å². The maximum atomic E-state index is 13.7. The molecule has 0 aliphatic heterocycles. The quantitative estimate of drug-likeness (QED) is 0.540. The zero-order chi connectivity index (χ0) is 19.1. The van der Waals surface area contributed by atoms with Gasteiger partial charge in [-0.25, -0.2) is 9.37 Å². The Bertz CT molecular complexity index is 860. The van der Waals surface area contributed by atoms with Crippen molar-refractivity contribution >= 4 is 39.3 Å². The Morgan fingerprint density at radius 1 is 1.31 bits per heavy atom. The number of thioether (sulfide) groups is 1. The lowest BCUT2D eigenvalue weighted by Gasteiger charge is -2.24. The van der Waals surface area contributed by atoms with E-state index in [1.54, 1.807) is 0 Å². The summed E-state index contributed by atoms with van der Waals surface area (Å²) < 4.78 is 50.9. The molecule has 1 heterocycles. The number of benzene rings is 1. The third-order valence-electron chi connectivity index (χ3n) is 4.07. The number of alkyl halides is 3. The monoisotopic (exact) mass is 449 g/mol. The molecule has 0 saturated heterocycles.